The van der Waals surface area contributed by atoms with Gasteiger partial charge in [-0.25, -0.2) is 0 Å². The molecule has 4 heteroatoms. The molecule has 0 saturated carbocycles. The summed E-state index contributed by atoms with van der Waals surface area (Å²) in [4.78, 5) is 2.30. The van der Waals surface area contributed by atoms with Crippen molar-refractivity contribution in [2.75, 3.05) is 36.5 Å². The molecule has 2 rings (SSSR count). The van der Waals surface area contributed by atoms with Crippen LogP contribution in [0.2, 0.25) is 0 Å². The molecule has 0 aliphatic heterocycles. The maximum absolute atomic E-state index is 10.2. The van der Waals surface area contributed by atoms with Crippen molar-refractivity contribution in [1.29, 1.82) is 0 Å². The third-order valence-corrected chi connectivity index (χ3v) is 4.31. The number of anilines is 2. The van der Waals surface area contributed by atoms with Crippen LogP contribution in [0.5, 0.6) is 5.75 Å². The molecule has 0 bridgehead atoms. The Morgan fingerprint density at radius 3 is 2.46 bits per heavy atom. The lowest BCUT2D eigenvalue weighted by molar-refractivity contribution is 0.117. The molecule has 0 aromatic heterocycles. The number of aliphatic hydroxyl groups is 1. The van der Waals surface area contributed by atoms with Crippen LogP contribution in [0.3, 0.4) is 0 Å². The summed E-state index contributed by atoms with van der Waals surface area (Å²) in [5.74, 6) is 0.801. The van der Waals surface area contributed by atoms with Crippen molar-refractivity contribution >= 4 is 11.4 Å². The highest BCUT2D eigenvalue weighted by molar-refractivity contribution is 5.55. The minimum Gasteiger partial charge on any atom is -0.491 e. The maximum atomic E-state index is 10.2. The molecule has 0 aliphatic rings. The first-order valence-corrected chi connectivity index (χ1v) is 9.26. The van der Waals surface area contributed by atoms with Crippen molar-refractivity contribution in [2.45, 2.75) is 26.4 Å². The van der Waals surface area contributed by atoms with E-state index in [0.29, 0.717) is 6.54 Å². The van der Waals surface area contributed by atoms with Gasteiger partial charge in [-0.1, -0.05) is 24.3 Å². The Morgan fingerprint density at radius 1 is 1.12 bits per heavy atom. The Hall–Kier alpha value is -2.46. The molecule has 4 nitrogen and oxygen atoms in total. The summed E-state index contributed by atoms with van der Waals surface area (Å²) in [7, 11) is 0. The van der Waals surface area contributed by atoms with Gasteiger partial charge in [0.25, 0.3) is 0 Å². The van der Waals surface area contributed by atoms with Crippen molar-refractivity contribution in [3.8, 4) is 5.75 Å². The van der Waals surface area contributed by atoms with Crippen LogP contribution < -0.4 is 15.0 Å². The Bertz CT molecular complexity index is 666. The number of aliphatic hydroxyl groups excluding tert-OH is 1. The minimum absolute atomic E-state index is 0.249. The summed E-state index contributed by atoms with van der Waals surface area (Å²) in [5, 5.41) is 13.5. The van der Waals surface area contributed by atoms with Crippen molar-refractivity contribution in [3.63, 3.8) is 0 Å². The van der Waals surface area contributed by atoms with E-state index in [9.17, 15) is 5.11 Å². The fraction of sp³-hybridized carbons (Fsp3) is 0.364. The van der Waals surface area contributed by atoms with Gasteiger partial charge in [0.05, 0.1) is 0 Å². The second-order valence-electron chi connectivity index (χ2n) is 6.17. The lowest BCUT2D eigenvalue weighted by Gasteiger charge is -2.21. The summed E-state index contributed by atoms with van der Waals surface area (Å²) in [6.45, 7) is 10.7. The Balaban J connectivity index is 1.82. The summed E-state index contributed by atoms with van der Waals surface area (Å²) in [6.07, 6.45) is 2.01. The van der Waals surface area contributed by atoms with Gasteiger partial charge in [0, 0.05) is 31.0 Å². The number of benzene rings is 2. The van der Waals surface area contributed by atoms with E-state index < -0.39 is 6.10 Å². The van der Waals surface area contributed by atoms with E-state index in [1.807, 2.05) is 42.5 Å². The lowest BCUT2D eigenvalue weighted by atomic mass is 10.1. The molecule has 1 unspecified atom stereocenters. The lowest BCUT2D eigenvalue weighted by Crippen LogP contribution is -2.26. The fourth-order valence-electron chi connectivity index (χ4n) is 2.83. The van der Waals surface area contributed by atoms with E-state index >= 15 is 0 Å². The zero-order valence-electron chi connectivity index (χ0n) is 15.8. The van der Waals surface area contributed by atoms with Crippen LogP contribution in [0.1, 0.15) is 19.4 Å². The molecule has 0 amide bonds. The van der Waals surface area contributed by atoms with E-state index in [0.717, 1.165) is 36.5 Å². The van der Waals surface area contributed by atoms with Crippen molar-refractivity contribution in [2.24, 2.45) is 0 Å². The number of rotatable bonds is 11. The summed E-state index contributed by atoms with van der Waals surface area (Å²) < 4.78 is 5.78. The molecule has 0 fully saturated rings. The van der Waals surface area contributed by atoms with Crippen molar-refractivity contribution < 1.29 is 9.84 Å². The number of para-hydroxylation sites is 1. The second-order valence-corrected chi connectivity index (χ2v) is 6.17. The Kier molecular flexibility index (Phi) is 8.03. The van der Waals surface area contributed by atoms with E-state index in [-0.39, 0.29) is 6.61 Å². The summed E-state index contributed by atoms with van der Waals surface area (Å²) in [6, 6.07) is 16.1. The molecule has 0 heterocycles. The molecule has 140 valence electrons. The molecular formula is C22H30N2O2. The number of nitrogens with one attached hydrogen (secondary N) is 1. The first-order valence-electron chi connectivity index (χ1n) is 9.26. The number of hydrogen-bond donors (Lipinski definition) is 2. The maximum Gasteiger partial charge on any atom is 0.122 e. The fourth-order valence-corrected chi connectivity index (χ4v) is 2.83. The predicted molar refractivity (Wildman–Crippen MR) is 110 cm³/mol. The van der Waals surface area contributed by atoms with Crippen molar-refractivity contribution in [3.05, 3.63) is 66.7 Å². The van der Waals surface area contributed by atoms with Gasteiger partial charge in [-0.15, -0.1) is 6.58 Å². The number of nitrogens with zero attached hydrogens (tertiary/aromatic N) is 1. The molecule has 2 aromatic carbocycles. The Labute approximate surface area is 157 Å². The first kappa shape index (κ1) is 19.9. The summed E-state index contributed by atoms with van der Waals surface area (Å²) >= 11 is 0. The topological polar surface area (TPSA) is 44.7 Å². The molecular weight excluding hydrogens is 324 g/mol. The average Bonchev–Trinajstić information content (AvgIpc) is 2.68. The third-order valence-electron chi connectivity index (χ3n) is 4.31. The van der Waals surface area contributed by atoms with Gasteiger partial charge >= 0.3 is 0 Å². The standard InChI is InChI=1S/C22H30N2O2/c1-4-9-18-10-7-8-11-22(18)26-17-21(25)16-23-19-12-14-20(15-13-19)24(5-2)6-3/h4,7-8,10-15,21,23,25H,1,5-6,9,16-17H2,2-3H3. The molecule has 0 saturated heterocycles. The van der Waals surface area contributed by atoms with Crippen LogP contribution in [0.4, 0.5) is 11.4 Å². The first-order chi connectivity index (χ1) is 12.7. The number of allylic oxidation sites excluding steroid dienone is 1. The minimum atomic E-state index is -0.589. The molecule has 2 N–H and O–H groups in total. The molecule has 0 spiro atoms. The van der Waals surface area contributed by atoms with Gasteiger partial charge in [-0.3, -0.25) is 0 Å². The van der Waals surface area contributed by atoms with E-state index in [4.69, 9.17) is 4.74 Å². The van der Waals surface area contributed by atoms with Gasteiger partial charge in [0.15, 0.2) is 0 Å². The zero-order valence-corrected chi connectivity index (χ0v) is 15.8. The van der Waals surface area contributed by atoms with Crippen LogP contribution >= 0.6 is 0 Å². The number of ether oxygens (including phenoxy) is 1. The molecule has 0 aliphatic carbocycles. The van der Waals surface area contributed by atoms with Crippen LogP contribution in [-0.2, 0) is 6.42 Å². The predicted octanol–water partition coefficient (Wildman–Crippen LogP) is 4.11. The largest absolute Gasteiger partial charge is 0.491 e. The van der Waals surface area contributed by atoms with Gasteiger partial charge in [-0.2, -0.15) is 0 Å². The van der Waals surface area contributed by atoms with Gasteiger partial charge in [-0.05, 0) is 56.2 Å². The van der Waals surface area contributed by atoms with Gasteiger partial charge in [0.2, 0.25) is 0 Å². The molecule has 0 radical (unpaired) electrons. The SMILES string of the molecule is C=CCc1ccccc1OCC(O)CNc1ccc(N(CC)CC)cc1. The summed E-state index contributed by atoms with van der Waals surface area (Å²) in [5.41, 5.74) is 3.28. The van der Waals surface area contributed by atoms with Crippen molar-refractivity contribution in [1.82, 2.24) is 0 Å². The van der Waals surface area contributed by atoms with E-state index in [1.165, 1.54) is 5.69 Å². The van der Waals surface area contributed by atoms with E-state index in [1.54, 1.807) is 0 Å². The Morgan fingerprint density at radius 2 is 1.81 bits per heavy atom. The average molecular weight is 354 g/mol. The highest BCUT2D eigenvalue weighted by Crippen LogP contribution is 2.20. The zero-order chi connectivity index (χ0) is 18.8. The van der Waals surface area contributed by atoms with Crippen LogP contribution in [0.25, 0.3) is 0 Å². The highest BCUT2D eigenvalue weighted by atomic mass is 16.5. The molecule has 1 atom stereocenters. The molecule has 26 heavy (non-hydrogen) atoms. The molecule has 2 aromatic rings. The third kappa shape index (κ3) is 5.81. The second kappa shape index (κ2) is 10.5. The van der Waals surface area contributed by atoms with E-state index in [2.05, 4.69) is 42.8 Å². The quantitative estimate of drug-likeness (QED) is 0.596. The monoisotopic (exact) mass is 354 g/mol. The van der Waals surface area contributed by atoms with Crippen LogP contribution in [-0.4, -0.2) is 37.5 Å². The normalized spacial score (nSPS) is 11.7. The van der Waals surface area contributed by atoms with Crippen LogP contribution in [0, 0.1) is 0 Å². The number of hydrogen-bond acceptors (Lipinski definition) is 4. The van der Waals surface area contributed by atoms with Crippen LogP contribution in [0.15, 0.2) is 61.2 Å². The van der Waals surface area contributed by atoms with Gasteiger partial charge < -0.3 is 20.1 Å². The smallest absolute Gasteiger partial charge is 0.122 e. The van der Waals surface area contributed by atoms with Gasteiger partial charge in [0.1, 0.15) is 18.5 Å². The highest BCUT2D eigenvalue weighted by Gasteiger charge is 2.08.